The Balaban J connectivity index is 0.000000243. The highest BCUT2D eigenvalue weighted by molar-refractivity contribution is 5.72. The van der Waals surface area contributed by atoms with Crippen molar-refractivity contribution < 1.29 is 28.8 Å². The third-order valence-corrected chi connectivity index (χ3v) is 5.48. The first-order valence-corrected chi connectivity index (χ1v) is 10.9. The third kappa shape index (κ3) is 6.47. The van der Waals surface area contributed by atoms with E-state index in [2.05, 4.69) is 20.0 Å². The number of nitrogens with zero attached hydrogens (tertiary/aromatic N) is 4. The number of aromatic nitrogens is 4. The Bertz CT molecular complexity index is 875. The highest BCUT2D eigenvalue weighted by Gasteiger charge is 2.22. The van der Waals surface area contributed by atoms with Crippen LogP contribution in [0.4, 0.5) is 0 Å². The van der Waals surface area contributed by atoms with Gasteiger partial charge in [-0.25, -0.2) is 9.67 Å². The van der Waals surface area contributed by atoms with E-state index >= 15 is 0 Å². The number of methoxy groups -OCH3 is 1. The van der Waals surface area contributed by atoms with Crippen LogP contribution in [0, 0.1) is 12.8 Å². The minimum absolute atomic E-state index is 0.0150. The van der Waals surface area contributed by atoms with Crippen LogP contribution in [0.5, 0.6) is 5.75 Å². The summed E-state index contributed by atoms with van der Waals surface area (Å²) in [6, 6.07) is 3.34. The number of rotatable bonds is 5. The summed E-state index contributed by atoms with van der Waals surface area (Å²) in [7, 11) is 3.24. The lowest BCUT2D eigenvalue weighted by atomic mass is 10.0. The van der Waals surface area contributed by atoms with E-state index in [9.17, 15) is 9.90 Å². The zero-order chi connectivity index (χ0) is 22.9. The van der Waals surface area contributed by atoms with Crippen LogP contribution < -0.4 is 0 Å². The topological polar surface area (TPSA) is 118 Å². The molecule has 0 saturated carbocycles. The van der Waals surface area contributed by atoms with Gasteiger partial charge in [0, 0.05) is 20.3 Å². The summed E-state index contributed by atoms with van der Waals surface area (Å²) < 4.78 is 22.8. The van der Waals surface area contributed by atoms with Gasteiger partial charge in [-0.3, -0.25) is 4.79 Å². The molecule has 0 bridgehead atoms. The summed E-state index contributed by atoms with van der Waals surface area (Å²) >= 11 is 0. The number of carbonyl (C=O) groups excluding carboxylic acids is 1. The molecule has 2 saturated heterocycles. The molecule has 4 rings (SSSR count). The zero-order valence-corrected chi connectivity index (χ0v) is 19.0. The van der Waals surface area contributed by atoms with Crippen LogP contribution in [0.25, 0.3) is 11.4 Å². The molecule has 4 heterocycles. The van der Waals surface area contributed by atoms with E-state index in [4.69, 9.17) is 14.2 Å². The van der Waals surface area contributed by atoms with Crippen molar-refractivity contribution in [3.63, 3.8) is 0 Å². The molecule has 32 heavy (non-hydrogen) atoms. The molecule has 2 atom stereocenters. The molecule has 2 aromatic heterocycles. The van der Waals surface area contributed by atoms with Gasteiger partial charge in [0.1, 0.15) is 11.4 Å². The fourth-order valence-electron chi connectivity index (χ4n) is 3.53. The minimum Gasteiger partial charge on any atom is -0.506 e. The van der Waals surface area contributed by atoms with Crippen molar-refractivity contribution in [3.05, 3.63) is 23.5 Å². The number of esters is 1. The van der Waals surface area contributed by atoms with Crippen molar-refractivity contribution in [3.8, 4) is 17.1 Å². The van der Waals surface area contributed by atoms with Gasteiger partial charge in [-0.05, 0) is 51.2 Å². The largest absolute Gasteiger partial charge is 0.506 e. The molecule has 1 N–H and O–H groups in total. The lowest BCUT2D eigenvalue weighted by Crippen LogP contribution is -2.25. The number of hydrogen-bond acceptors (Lipinski definition) is 9. The number of hydrogen-bond donors (Lipinski definition) is 1. The Morgan fingerprint density at radius 1 is 1.25 bits per heavy atom. The minimum atomic E-state index is -0.161. The van der Waals surface area contributed by atoms with Crippen LogP contribution in [0.1, 0.15) is 43.5 Å². The van der Waals surface area contributed by atoms with Gasteiger partial charge in [0.15, 0.2) is 6.29 Å². The van der Waals surface area contributed by atoms with Gasteiger partial charge in [-0.15, -0.1) is 5.10 Å². The maximum absolute atomic E-state index is 10.9. The van der Waals surface area contributed by atoms with Crippen LogP contribution >= 0.6 is 0 Å². The third-order valence-electron chi connectivity index (χ3n) is 5.48. The van der Waals surface area contributed by atoms with Gasteiger partial charge in [0.2, 0.25) is 0 Å². The first kappa shape index (κ1) is 24.1. The molecule has 10 heteroatoms. The molecule has 10 nitrogen and oxygen atoms in total. The lowest BCUT2D eigenvalue weighted by Gasteiger charge is -2.22. The highest BCUT2D eigenvalue weighted by Crippen LogP contribution is 2.24. The van der Waals surface area contributed by atoms with E-state index in [0.717, 1.165) is 51.0 Å². The summed E-state index contributed by atoms with van der Waals surface area (Å²) in [5.41, 5.74) is 2.74. The maximum Gasteiger partial charge on any atom is 0.311 e. The summed E-state index contributed by atoms with van der Waals surface area (Å²) in [4.78, 5) is 15.2. The molecule has 0 aliphatic carbocycles. The number of ether oxygens (including phenoxy) is 4. The standard InChI is InChI=1S/C15H20N4O3.C7H12O3/c1-10-13(20)7-6-11(16-10)15-12(19(2)18-17-15)9-22-14-5-3-4-8-21-14;1-9-7(8)6-3-2-4-10-5-6/h6-7,14,20H,3-5,8-9H2,1-2H3;6H,2-5H2,1H3/t;6-/m.0/s1. The van der Waals surface area contributed by atoms with Crippen molar-refractivity contribution >= 4 is 5.97 Å². The molecule has 2 fully saturated rings. The van der Waals surface area contributed by atoms with Crippen molar-refractivity contribution in [2.24, 2.45) is 13.0 Å². The Morgan fingerprint density at radius 3 is 2.75 bits per heavy atom. The molecule has 1 unspecified atom stereocenters. The Hall–Kier alpha value is -2.56. The highest BCUT2D eigenvalue weighted by atomic mass is 16.7. The number of pyridine rings is 1. The molecule has 2 aliphatic heterocycles. The summed E-state index contributed by atoms with van der Waals surface area (Å²) in [6.45, 7) is 4.19. The van der Waals surface area contributed by atoms with Gasteiger partial charge in [0.05, 0.1) is 43.3 Å². The predicted octanol–water partition coefficient (Wildman–Crippen LogP) is 2.52. The van der Waals surface area contributed by atoms with E-state index < -0.39 is 0 Å². The van der Waals surface area contributed by atoms with Crippen LogP contribution in [-0.2, 0) is 37.4 Å². The molecule has 0 aromatic carbocycles. The smallest absolute Gasteiger partial charge is 0.311 e. The van der Waals surface area contributed by atoms with E-state index in [1.165, 1.54) is 7.11 Å². The van der Waals surface area contributed by atoms with Crippen molar-refractivity contribution in [1.82, 2.24) is 20.0 Å². The average Bonchev–Trinajstić information content (AvgIpc) is 3.20. The molecule has 0 spiro atoms. The number of carbonyl (C=O) groups is 1. The fourth-order valence-corrected chi connectivity index (χ4v) is 3.53. The van der Waals surface area contributed by atoms with Crippen molar-refractivity contribution in [2.75, 3.05) is 26.9 Å². The van der Waals surface area contributed by atoms with Gasteiger partial charge in [0.25, 0.3) is 0 Å². The zero-order valence-electron chi connectivity index (χ0n) is 19.0. The monoisotopic (exact) mass is 448 g/mol. The Kier molecular flexibility index (Phi) is 8.95. The van der Waals surface area contributed by atoms with Crippen LogP contribution in [0.15, 0.2) is 12.1 Å². The molecular weight excluding hydrogens is 416 g/mol. The molecular formula is C22H32N4O6. The molecule has 2 aliphatic rings. The quantitative estimate of drug-likeness (QED) is 0.688. The second-order valence-electron chi connectivity index (χ2n) is 7.85. The van der Waals surface area contributed by atoms with Gasteiger partial charge in [-0.1, -0.05) is 5.21 Å². The van der Waals surface area contributed by atoms with Crippen LogP contribution in [0.2, 0.25) is 0 Å². The molecule has 176 valence electrons. The summed E-state index contributed by atoms with van der Waals surface area (Å²) in [6.07, 6.45) is 4.85. The first-order chi connectivity index (χ1) is 15.5. The van der Waals surface area contributed by atoms with E-state index in [1.807, 2.05) is 7.05 Å². The maximum atomic E-state index is 10.9. The lowest BCUT2D eigenvalue weighted by molar-refractivity contribution is -0.169. The SMILES string of the molecule is COC(=O)[C@H]1CCCOC1.Cc1nc(-c2nnn(C)c2COC2CCCCO2)ccc1O. The summed E-state index contributed by atoms with van der Waals surface area (Å²) in [5, 5.41) is 17.8. The van der Waals surface area contributed by atoms with Crippen LogP contribution in [0.3, 0.4) is 0 Å². The van der Waals surface area contributed by atoms with E-state index in [0.29, 0.717) is 30.3 Å². The summed E-state index contributed by atoms with van der Waals surface area (Å²) in [5.74, 6) is 0.0134. The fraction of sp³-hybridized carbons (Fsp3) is 0.636. The van der Waals surface area contributed by atoms with Crippen molar-refractivity contribution in [2.45, 2.75) is 51.9 Å². The Morgan fingerprint density at radius 2 is 2.09 bits per heavy atom. The molecule has 0 amide bonds. The normalized spacial score (nSPS) is 20.8. The number of aromatic hydroxyl groups is 1. The van der Waals surface area contributed by atoms with E-state index in [-0.39, 0.29) is 23.9 Å². The molecule has 2 aromatic rings. The number of aryl methyl sites for hydroxylation is 2. The Labute approximate surface area is 187 Å². The molecule has 0 radical (unpaired) electrons. The van der Waals surface area contributed by atoms with Gasteiger partial charge in [-0.2, -0.15) is 0 Å². The van der Waals surface area contributed by atoms with Gasteiger partial charge < -0.3 is 24.1 Å². The van der Waals surface area contributed by atoms with Gasteiger partial charge >= 0.3 is 5.97 Å². The van der Waals surface area contributed by atoms with Crippen molar-refractivity contribution in [1.29, 1.82) is 0 Å². The second kappa shape index (κ2) is 11.9. The van der Waals surface area contributed by atoms with E-state index in [1.54, 1.807) is 23.7 Å². The van der Waals surface area contributed by atoms with Crippen LogP contribution in [-0.4, -0.2) is 64.3 Å². The predicted molar refractivity (Wildman–Crippen MR) is 115 cm³/mol. The first-order valence-electron chi connectivity index (χ1n) is 10.9. The second-order valence-corrected chi connectivity index (χ2v) is 7.85. The average molecular weight is 449 g/mol.